The van der Waals surface area contributed by atoms with Crippen molar-refractivity contribution in [1.29, 1.82) is 0 Å². The first-order chi connectivity index (χ1) is 16.1. The zero-order valence-corrected chi connectivity index (χ0v) is 19.8. The summed E-state index contributed by atoms with van der Waals surface area (Å²) in [6.07, 6.45) is 4.80. The number of carbonyl (C=O) groups is 1. The summed E-state index contributed by atoms with van der Waals surface area (Å²) in [6.45, 7) is 5.22. The van der Waals surface area contributed by atoms with Crippen LogP contribution in [0.4, 0.5) is 10.9 Å². The fourth-order valence-electron chi connectivity index (χ4n) is 4.50. The third-order valence-corrected chi connectivity index (χ3v) is 7.14. The van der Waals surface area contributed by atoms with Crippen molar-refractivity contribution in [3.8, 4) is 5.75 Å². The van der Waals surface area contributed by atoms with E-state index in [1.54, 1.807) is 0 Å². The van der Waals surface area contributed by atoms with Gasteiger partial charge in [-0.3, -0.25) is 10.1 Å². The van der Waals surface area contributed by atoms with Gasteiger partial charge in [0.1, 0.15) is 17.1 Å². The van der Waals surface area contributed by atoms with Crippen LogP contribution in [0.25, 0.3) is 21.1 Å². The van der Waals surface area contributed by atoms with Gasteiger partial charge in [0.25, 0.3) is 5.91 Å². The Labute approximate surface area is 197 Å². The Morgan fingerprint density at radius 3 is 2.97 bits per heavy atom. The number of hydrogen-bond donors (Lipinski definition) is 1. The van der Waals surface area contributed by atoms with Gasteiger partial charge < -0.3 is 9.64 Å². The molecule has 170 valence electrons. The van der Waals surface area contributed by atoms with Crippen LogP contribution in [0.2, 0.25) is 0 Å². The van der Waals surface area contributed by atoms with E-state index in [-0.39, 0.29) is 12.5 Å². The van der Waals surface area contributed by atoms with Gasteiger partial charge in [-0.2, -0.15) is 0 Å². The highest BCUT2D eigenvalue weighted by atomic mass is 32.1. The van der Waals surface area contributed by atoms with Crippen molar-refractivity contribution in [2.75, 3.05) is 23.4 Å². The van der Waals surface area contributed by atoms with Gasteiger partial charge in [0.15, 0.2) is 11.7 Å². The number of fused-ring (bicyclic) bond motifs is 2. The molecular weight excluding hydrogens is 432 g/mol. The van der Waals surface area contributed by atoms with Crippen molar-refractivity contribution < 1.29 is 9.53 Å². The number of aryl methyl sites for hydroxylation is 1. The summed E-state index contributed by atoms with van der Waals surface area (Å²) in [5, 5.41) is 4.45. The van der Waals surface area contributed by atoms with E-state index < -0.39 is 0 Å². The highest BCUT2D eigenvalue weighted by molar-refractivity contribution is 7.22. The number of carbonyl (C=O) groups excluding carboxylic acids is 1. The van der Waals surface area contributed by atoms with E-state index in [1.165, 1.54) is 36.2 Å². The molecule has 2 aromatic carbocycles. The highest BCUT2D eigenvalue weighted by Crippen LogP contribution is 2.30. The minimum atomic E-state index is -0.235. The summed E-state index contributed by atoms with van der Waals surface area (Å²) in [5.74, 6) is 1.37. The van der Waals surface area contributed by atoms with E-state index >= 15 is 0 Å². The lowest BCUT2D eigenvalue weighted by Crippen LogP contribution is -2.39. The van der Waals surface area contributed by atoms with Crippen molar-refractivity contribution in [1.82, 2.24) is 9.97 Å². The molecule has 0 aliphatic carbocycles. The number of ether oxygens (including phenoxy) is 1. The Kier molecular flexibility index (Phi) is 6.13. The Hall–Kier alpha value is -3.19. The zero-order valence-electron chi connectivity index (χ0n) is 19.0. The number of nitrogens with zero attached hydrogens (tertiary/aromatic N) is 3. The average Bonchev–Trinajstić information content (AvgIpc) is 3.23. The molecule has 5 rings (SSSR count). The minimum Gasteiger partial charge on any atom is -0.481 e. The predicted octanol–water partition coefficient (Wildman–Crippen LogP) is 5.94. The lowest BCUT2D eigenvalue weighted by atomic mass is 10.00. The summed E-state index contributed by atoms with van der Waals surface area (Å²) in [6, 6.07) is 16.6. The molecule has 1 N–H and O–H groups in total. The molecule has 2 aromatic heterocycles. The molecule has 1 aliphatic rings. The van der Waals surface area contributed by atoms with Crippen LogP contribution in [0.15, 0.2) is 48.5 Å². The summed E-state index contributed by atoms with van der Waals surface area (Å²) in [7, 11) is 0. The molecule has 33 heavy (non-hydrogen) atoms. The van der Waals surface area contributed by atoms with Crippen LogP contribution in [0.3, 0.4) is 0 Å². The van der Waals surface area contributed by atoms with Crippen LogP contribution in [0, 0.1) is 6.92 Å². The largest absolute Gasteiger partial charge is 0.481 e. The van der Waals surface area contributed by atoms with E-state index in [9.17, 15) is 4.79 Å². The van der Waals surface area contributed by atoms with Crippen LogP contribution in [0.1, 0.15) is 38.2 Å². The number of piperidine rings is 1. The van der Waals surface area contributed by atoms with E-state index in [4.69, 9.17) is 9.72 Å². The lowest BCUT2D eigenvalue weighted by Gasteiger charge is -2.36. The Morgan fingerprint density at radius 2 is 2.09 bits per heavy atom. The van der Waals surface area contributed by atoms with Crippen LogP contribution in [-0.4, -0.2) is 35.1 Å². The van der Waals surface area contributed by atoms with Crippen molar-refractivity contribution in [3.05, 3.63) is 54.1 Å². The molecule has 3 heterocycles. The van der Waals surface area contributed by atoms with Gasteiger partial charge in [0.2, 0.25) is 0 Å². The molecule has 1 unspecified atom stereocenters. The molecule has 0 bridgehead atoms. The predicted molar refractivity (Wildman–Crippen MR) is 136 cm³/mol. The average molecular weight is 461 g/mol. The molecule has 1 fully saturated rings. The first-order valence-electron chi connectivity index (χ1n) is 11.6. The second-order valence-corrected chi connectivity index (χ2v) is 9.61. The zero-order chi connectivity index (χ0) is 22.8. The van der Waals surface area contributed by atoms with Crippen LogP contribution in [-0.2, 0) is 4.79 Å². The third-order valence-electron chi connectivity index (χ3n) is 6.21. The van der Waals surface area contributed by atoms with Crippen molar-refractivity contribution >= 4 is 49.3 Å². The van der Waals surface area contributed by atoms with Crippen molar-refractivity contribution in [2.45, 2.75) is 45.6 Å². The van der Waals surface area contributed by atoms with Gasteiger partial charge in [-0.25, -0.2) is 9.97 Å². The summed E-state index contributed by atoms with van der Waals surface area (Å²) < 4.78 is 6.98. The number of thiazole rings is 1. The van der Waals surface area contributed by atoms with Crippen LogP contribution >= 0.6 is 11.3 Å². The van der Waals surface area contributed by atoms with Crippen molar-refractivity contribution in [3.63, 3.8) is 0 Å². The van der Waals surface area contributed by atoms with Crippen LogP contribution in [0.5, 0.6) is 5.75 Å². The highest BCUT2D eigenvalue weighted by Gasteiger charge is 2.22. The Balaban J connectivity index is 1.32. The number of anilines is 2. The molecule has 0 saturated carbocycles. The number of nitrogens with one attached hydrogen (secondary N) is 1. The van der Waals surface area contributed by atoms with Gasteiger partial charge in [-0.15, -0.1) is 0 Å². The van der Waals surface area contributed by atoms with Gasteiger partial charge in [0.05, 0.1) is 10.2 Å². The van der Waals surface area contributed by atoms with E-state index in [0.29, 0.717) is 16.9 Å². The maximum atomic E-state index is 12.6. The number of amides is 1. The van der Waals surface area contributed by atoms with Gasteiger partial charge >= 0.3 is 0 Å². The topological polar surface area (TPSA) is 67.3 Å². The fourth-order valence-corrected chi connectivity index (χ4v) is 5.48. The second kappa shape index (κ2) is 9.35. The minimum absolute atomic E-state index is 0.0960. The Morgan fingerprint density at radius 1 is 1.18 bits per heavy atom. The number of pyridine rings is 1. The number of rotatable bonds is 6. The lowest BCUT2D eigenvalue weighted by molar-refractivity contribution is -0.118. The summed E-state index contributed by atoms with van der Waals surface area (Å²) in [5.41, 5.74) is 2.85. The molecular formula is C26H28N4O2S. The quantitative estimate of drug-likeness (QED) is 0.386. The van der Waals surface area contributed by atoms with Gasteiger partial charge in [0, 0.05) is 18.0 Å². The molecule has 7 heteroatoms. The van der Waals surface area contributed by atoms with Gasteiger partial charge in [-0.05, 0) is 68.5 Å². The summed E-state index contributed by atoms with van der Waals surface area (Å²) >= 11 is 1.47. The molecule has 0 radical (unpaired) electrons. The van der Waals surface area contributed by atoms with Crippen molar-refractivity contribution in [2.24, 2.45) is 0 Å². The molecule has 0 spiro atoms. The molecule has 6 nitrogen and oxygen atoms in total. The second-order valence-electron chi connectivity index (χ2n) is 8.58. The standard InChI is InChI=1S/C26H28N4O2S/c1-3-19-8-4-5-14-30(19)23-13-11-18-7-6-9-21(25(18)28-23)32-16-24(31)29-26-27-20-12-10-17(2)15-22(20)33-26/h6-7,9-13,15,19H,3-5,8,14,16H2,1-2H3,(H,27,29,31). The Bertz CT molecular complexity index is 1300. The molecule has 1 atom stereocenters. The molecule has 1 saturated heterocycles. The normalized spacial score (nSPS) is 16.3. The fraction of sp³-hybridized carbons (Fsp3) is 0.346. The van der Waals surface area contributed by atoms with E-state index in [2.05, 4.69) is 40.3 Å². The smallest absolute Gasteiger partial charge is 0.264 e. The SMILES string of the molecule is CCC1CCCCN1c1ccc2cccc(OCC(=O)Nc3nc4ccc(C)cc4s3)c2n1. The summed E-state index contributed by atoms with van der Waals surface area (Å²) in [4.78, 5) is 24.4. The van der Waals surface area contributed by atoms with E-state index in [1.807, 2.05) is 37.3 Å². The monoisotopic (exact) mass is 460 g/mol. The number of benzene rings is 2. The number of para-hydroxylation sites is 1. The number of hydrogen-bond acceptors (Lipinski definition) is 6. The van der Waals surface area contributed by atoms with Crippen LogP contribution < -0.4 is 15.0 Å². The third kappa shape index (κ3) is 4.64. The molecule has 4 aromatic rings. The first-order valence-corrected chi connectivity index (χ1v) is 12.4. The van der Waals surface area contributed by atoms with Gasteiger partial charge in [-0.1, -0.05) is 36.5 Å². The van der Waals surface area contributed by atoms with E-state index in [0.717, 1.165) is 39.9 Å². The molecule has 1 aliphatic heterocycles. The number of aromatic nitrogens is 2. The maximum Gasteiger partial charge on any atom is 0.264 e. The first kappa shape index (κ1) is 21.6. The molecule has 1 amide bonds. The maximum absolute atomic E-state index is 12.6.